The van der Waals surface area contributed by atoms with Gasteiger partial charge in [0.2, 0.25) is 0 Å². The van der Waals surface area contributed by atoms with Gasteiger partial charge in [0.05, 0.1) is 28.7 Å². The van der Waals surface area contributed by atoms with Crippen molar-refractivity contribution in [2.24, 2.45) is 0 Å². The molecule has 0 saturated heterocycles. The van der Waals surface area contributed by atoms with Crippen molar-refractivity contribution >= 4 is 20.7 Å². The van der Waals surface area contributed by atoms with E-state index in [0.717, 1.165) is 17.4 Å². The molecular formula is C25H19FN2O3S. The standard InChI is InChI=1S/C25H19FN2O3S/c1-32(30,31)22-12-7-20(8-13-22)16-28-17-27-24-14-9-19(15-23(24)25(28)29)4-2-3-18-5-10-21(26)11-6-18/h5-15,17H,3,16H2,1H3. The molecule has 0 aliphatic rings. The molecular weight excluding hydrogens is 427 g/mol. The largest absolute Gasteiger partial charge is 0.294 e. The van der Waals surface area contributed by atoms with Gasteiger partial charge in [-0.2, -0.15) is 0 Å². The van der Waals surface area contributed by atoms with Gasteiger partial charge in [0, 0.05) is 18.2 Å². The normalized spacial score (nSPS) is 11.2. The van der Waals surface area contributed by atoms with Crippen molar-refractivity contribution < 1.29 is 12.8 Å². The monoisotopic (exact) mass is 446 g/mol. The van der Waals surface area contributed by atoms with E-state index >= 15 is 0 Å². The molecule has 4 rings (SSSR count). The van der Waals surface area contributed by atoms with Gasteiger partial charge in [-0.05, 0) is 53.6 Å². The molecule has 0 unspecified atom stereocenters. The average molecular weight is 447 g/mol. The Balaban J connectivity index is 1.58. The zero-order chi connectivity index (χ0) is 22.7. The number of hydrogen-bond donors (Lipinski definition) is 0. The first-order valence-corrected chi connectivity index (χ1v) is 11.7. The smallest absolute Gasteiger partial charge is 0.261 e. The lowest BCUT2D eigenvalue weighted by molar-refractivity contribution is 0.602. The van der Waals surface area contributed by atoms with E-state index in [0.29, 0.717) is 22.9 Å². The molecule has 0 N–H and O–H groups in total. The average Bonchev–Trinajstić information content (AvgIpc) is 2.77. The van der Waals surface area contributed by atoms with Gasteiger partial charge >= 0.3 is 0 Å². The van der Waals surface area contributed by atoms with Crippen molar-refractivity contribution in [2.45, 2.75) is 17.9 Å². The second-order valence-electron chi connectivity index (χ2n) is 7.43. The maximum Gasteiger partial charge on any atom is 0.261 e. The molecule has 0 aliphatic carbocycles. The fourth-order valence-corrected chi connectivity index (χ4v) is 3.87. The zero-order valence-corrected chi connectivity index (χ0v) is 18.1. The minimum absolute atomic E-state index is 0.204. The molecule has 0 saturated carbocycles. The number of sulfone groups is 1. The molecule has 3 aromatic carbocycles. The van der Waals surface area contributed by atoms with Crippen LogP contribution in [0.3, 0.4) is 0 Å². The van der Waals surface area contributed by atoms with E-state index in [4.69, 9.17) is 0 Å². The highest BCUT2D eigenvalue weighted by atomic mass is 32.2. The highest BCUT2D eigenvalue weighted by Gasteiger charge is 2.08. The Kier molecular flexibility index (Phi) is 5.89. The van der Waals surface area contributed by atoms with Crippen LogP contribution in [-0.4, -0.2) is 24.2 Å². The predicted molar refractivity (Wildman–Crippen MR) is 122 cm³/mol. The van der Waals surface area contributed by atoms with Gasteiger partial charge in [-0.1, -0.05) is 36.1 Å². The lowest BCUT2D eigenvalue weighted by atomic mass is 10.1. The van der Waals surface area contributed by atoms with Crippen molar-refractivity contribution in [1.82, 2.24) is 9.55 Å². The molecule has 0 bridgehead atoms. The molecule has 0 fully saturated rings. The summed E-state index contributed by atoms with van der Waals surface area (Å²) in [7, 11) is -3.27. The van der Waals surface area contributed by atoms with Crippen LogP contribution in [0, 0.1) is 17.7 Å². The predicted octanol–water partition coefficient (Wildman–Crippen LogP) is 3.58. The van der Waals surface area contributed by atoms with Crippen LogP contribution < -0.4 is 5.56 Å². The van der Waals surface area contributed by atoms with E-state index in [9.17, 15) is 17.6 Å². The van der Waals surface area contributed by atoms with Crippen LogP contribution in [0.25, 0.3) is 10.9 Å². The van der Waals surface area contributed by atoms with Gasteiger partial charge in [0.1, 0.15) is 5.82 Å². The fourth-order valence-electron chi connectivity index (χ4n) is 3.24. The molecule has 1 aromatic heterocycles. The number of aromatic nitrogens is 2. The third-order valence-corrected chi connectivity index (χ3v) is 6.10. The molecule has 32 heavy (non-hydrogen) atoms. The fraction of sp³-hybridized carbons (Fsp3) is 0.120. The van der Waals surface area contributed by atoms with Gasteiger partial charge in [-0.15, -0.1) is 0 Å². The molecule has 160 valence electrons. The molecule has 0 radical (unpaired) electrons. The molecule has 0 aliphatic heterocycles. The van der Waals surface area contributed by atoms with E-state index in [1.807, 2.05) is 0 Å². The highest BCUT2D eigenvalue weighted by Crippen LogP contribution is 2.13. The summed E-state index contributed by atoms with van der Waals surface area (Å²) in [5.41, 5.74) is 2.75. The second kappa shape index (κ2) is 8.77. The topological polar surface area (TPSA) is 69.0 Å². The molecule has 0 atom stereocenters. The quantitative estimate of drug-likeness (QED) is 0.450. The summed E-state index contributed by atoms with van der Waals surface area (Å²) in [4.78, 5) is 17.6. The summed E-state index contributed by atoms with van der Waals surface area (Å²) in [6.07, 6.45) is 3.11. The summed E-state index contributed by atoms with van der Waals surface area (Å²) in [6, 6.07) is 17.9. The van der Waals surface area contributed by atoms with E-state index in [2.05, 4.69) is 16.8 Å². The molecule has 0 spiro atoms. The first-order valence-electron chi connectivity index (χ1n) is 9.81. The number of nitrogens with zero attached hydrogens (tertiary/aromatic N) is 2. The minimum Gasteiger partial charge on any atom is -0.294 e. The maximum absolute atomic E-state index is 13.0. The van der Waals surface area contributed by atoms with E-state index in [-0.39, 0.29) is 22.8 Å². The maximum atomic E-state index is 13.0. The lowest BCUT2D eigenvalue weighted by Gasteiger charge is -2.08. The third-order valence-electron chi connectivity index (χ3n) is 4.97. The summed E-state index contributed by atoms with van der Waals surface area (Å²) in [5, 5.41) is 0.453. The van der Waals surface area contributed by atoms with Gasteiger partial charge in [-0.3, -0.25) is 9.36 Å². The number of fused-ring (bicyclic) bond motifs is 1. The van der Waals surface area contributed by atoms with Gasteiger partial charge in [0.25, 0.3) is 5.56 Å². The number of hydrogen-bond acceptors (Lipinski definition) is 4. The van der Waals surface area contributed by atoms with Crippen LogP contribution >= 0.6 is 0 Å². The minimum atomic E-state index is -3.27. The van der Waals surface area contributed by atoms with Crippen LogP contribution in [-0.2, 0) is 22.8 Å². The van der Waals surface area contributed by atoms with E-state index < -0.39 is 9.84 Å². The molecule has 5 nitrogen and oxygen atoms in total. The van der Waals surface area contributed by atoms with Crippen molar-refractivity contribution in [3.05, 3.63) is 106 Å². The van der Waals surface area contributed by atoms with Gasteiger partial charge in [0.15, 0.2) is 9.84 Å². The zero-order valence-electron chi connectivity index (χ0n) is 17.2. The van der Waals surface area contributed by atoms with E-state index in [1.54, 1.807) is 42.5 Å². The Labute approximate surface area is 185 Å². The molecule has 7 heteroatoms. The number of halogens is 1. The first kappa shape index (κ1) is 21.5. The Bertz CT molecular complexity index is 1510. The van der Waals surface area contributed by atoms with E-state index in [1.165, 1.54) is 35.2 Å². The number of rotatable bonds is 4. The Morgan fingerprint density at radius 1 is 0.969 bits per heavy atom. The van der Waals surface area contributed by atoms with Crippen LogP contribution in [0.5, 0.6) is 0 Å². The van der Waals surface area contributed by atoms with Crippen LogP contribution in [0.2, 0.25) is 0 Å². The summed E-state index contributed by atoms with van der Waals surface area (Å²) in [6.45, 7) is 0.270. The lowest BCUT2D eigenvalue weighted by Crippen LogP contribution is -2.21. The Morgan fingerprint density at radius 3 is 2.34 bits per heavy atom. The van der Waals surface area contributed by atoms with Crippen molar-refractivity contribution in [3.63, 3.8) is 0 Å². The van der Waals surface area contributed by atoms with Crippen molar-refractivity contribution in [2.75, 3.05) is 6.26 Å². The molecule has 0 amide bonds. The highest BCUT2D eigenvalue weighted by molar-refractivity contribution is 7.90. The first-order chi connectivity index (χ1) is 15.3. The van der Waals surface area contributed by atoms with Crippen LogP contribution in [0.4, 0.5) is 4.39 Å². The summed E-state index contributed by atoms with van der Waals surface area (Å²) in [5.74, 6) is 5.80. The molecule has 4 aromatic rings. The molecule has 1 heterocycles. The number of benzene rings is 3. The van der Waals surface area contributed by atoms with Crippen LogP contribution in [0.15, 0.2) is 82.7 Å². The second-order valence-corrected chi connectivity index (χ2v) is 9.45. The summed E-state index contributed by atoms with van der Waals surface area (Å²) >= 11 is 0. The SMILES string of the molecule is CS(=O)(=O)c1ccc(Cn2cnc3ccc(C#CCc4ccc(F)cc4)cc3c2=O)cc1. The van der Waals surface area contributed by atoms with Gasteiger partial charge < -0.3 is 0 Å². The Hall–Kier alpha value is -3.76. The summed E-state index contributed by atoms with van der Waals surface area (Å²) < 4.78 is 37.7. The third kappa shape index (κ3) is 4.93. The van der Waals surface area contributed by atoms with Crippen molar-refractivity contribution in [3.8, 4) is 11.8 Å². The van der Waals surface area contributed by atoms with Crippen molar-refractivity contribution in [1.29, 1.82) is 0 Å². The Morgan fingerprint density at radius 2 is 1.66 bits per heavy atom. The van der Waals surface area contributed by atoms with Crippen LogP contribution in [0.1, 0.15) is 16.7 Å². The van der Waals surface area contributed by atoms with Gasteiger partial charge in [-0.25, -0.2) is 17.8 Å².